The van der Waals surface area contributed by atoms with Crippen molar-refractivity contribution in [1.29, 1.82) is 0 Å². The Labute approximate surface area is 100 Å². The first-order valence-electron chi connectivity index (χ1n) is 5.27. The fourth-order valence-corrected chi connectivity index (χ4v) is 4.91. The molecule has 1 aromatic rings. The van der Waals surface area contributed by atoms with E-state index in [9.17, 15) is 13.2 Å². The summed E-state index contributed by atoms with van der Waals surface area (Å²) in [6.45, 7) is 5.33. The van der Waals surface area contributed by atoms with Crippen LogP contribution in [0, 0.1) is 6.92 Å². The molecule has 17 heavy (non-hydrogen) atoms. The van der Waals surface area contributed by atoms with Gasteiger partial charge in [-0.2, -0.15) is 0 Å². The molecule has 1 aliphatic rings. The number of hydrogen-bond acceptors (Lipinski definition) is 3. The number of sulfone groups is 1. The molecule has 0 aliphatic carbocycles. The van der Waals surface area contributed by atoms with Crippen LogP contribution in [-0.2, 0) is 15.3 Å². The lowest BCUT2D eigenvalue weighted by Gasteiger charge is -2.20. The number of carbonyl (C=O) groups is 1. The summed E-state index contributed by atoms with van der Waals surface area (Å²) in [7, 11) is -3.27. The van der Waals surface area contributed by atoms with Gasteiger partial charge >= 0.3 is 5.97 Å². The molecule has 0 spiro atoms. The Bertz CT molecular complexity index is 612. The second-order valence-corrected chi connectivity index (χ2v) is 7.02. The second kappa shape index (κ2) is 3.32. The molecule has 2 rings (SSSR count). The second-order valence-electron chi connectivity index (χ2n) is 5.06. The van der Waals surface area contributed by atoms with Gasteiger partial charge in [0.2, 0.25) is 0 Å². The van der Waals surface area contributed by atoms with Crippen LogP contribution in [0.15, 0.2) is 17.0 Å². The van der Waals surface area contributed by atoms with Crippen molar-refractivity contribution in [2.75, 3.05) is 5.75 Å². The molecule has 1 N–H and O–H groups in total. The van der Waals surface area contributed by atoms with Crippen LogP contribution in [0.5, 0.6) is 0 Å². The molecule has 1 aliphatic heterocycles. The van der Waals surface area contributed by atoms with E-state index in [1.54, 1.807) is 6.92 Å². The minimum atomic E-state index is -3.27. The fourth-order valence-electron chi connectivity index (χ4n) is 2.64. The van der Waals surface area contributed by atoms with E-state index in [0.717, 1.165) is 0 Å². The first-order valence-corrected chi connectivity index (χ1v) is 6.92. The summed E-state index contributed by atoms with van der Waals surface area (Å²) in [6.07, 6.45) is 0. The molecule has 0 atom stereocenters. The van der Waals surface area contributed by atoms with E-state index in [-0.39, 0.29) is 16.2 Å². The van der Waals surface area contributed by atoms with Crippen LogP contribution in [0.25, 0.3) is 0 Å². The normalized spacial score (nSPS) is 19.9. The zero-order chi connectivity index (χ0) is 13.0. The quantitative estimate of drug-likeness (QED) is 0.829. The Balaban J connectivity index is 2.85. The first-order chi connectivity index (χ1) is 7.67. The Hall–Kier alpha value is -1.36. The lowest BCUT2D eigenvalue weighted by molar-refractivity contribution is 0.0696. The van der Waals surface area contributed by atoms with E-state index in [4.69, 9.17) is 5.11 Å². The van der Waals surface area contributed by atoms with Crippen LogP contribution in [0.2, 0.25) is 0 Å². The summed E-state index contributed by atoms with van der Waals surface area (Å²) < 4.78 is 23.9. The van der Waals surface area contributed by atoms with Gasteiger partial charge < -0.3 is 5.11 Å². The maximum atomic E-state index is 12.0. The molecule has 92 valence electrons. The van der Waals surface area contributed by atoms with Crippen molar-refractivity contribution in [2.24, 2.45) is 0 Å². The van der Waals surface area contributed by atoms with Gasteiger partial charge in [0.15, 0.2) is 9.84 Å². The number of aromatic carboxylic acids is 1. The van der Waals surface area contributed by atoms with Crippen LogP contribution in [0.4, 0.5) is 0 Å². The smallest absolute Gasteiger partial charge is 0.335 e. The summed E-state index contributed by atoms with van der Waals surface area (Å²) in [5, 5.41) is 9.05. The van der Waals surface area contributed by atoms with E-state index < -0.39 is 21.2 Å². The number of carboxylic acid groups (broad SMARTS) is 1. The van der Waals surface area contributed by atoms with Crippen molar-refractivity contribution < 1.29 is 18.3 Å². The molecule has 0 fully saturated rings. The standard InChI is InChI=1S/C12H14O4S/c1-7-8(11(13)14)4-5-9-10(7)12(2,3)6-17(9,15)16/h4-5H,6H2,1-3H3,(H,13,14). The topological polar surface area (TPSA) is 71.4 Å². The monoisotopic (exact) mass is 254 g/mol. The van der Waals surface area contributed by atoms with Gasteiger partial charge in [0.25, 0.3) is 0 Å². The summed E-state index contributed by atoms with van der Waals surface area (Å²) in [5.74, 6) is -0.982. The molecule has 0 aromatic heterocycles. The minimum Gasteiger partial charge on any atom is -0.478 e. The van der Waals surface area contributed by atoms with Gasteiger partial charge in [-0.25, -0.2) is 13.2 Å². The van der Waals surface area contributed by atoms with Gasteiger partial charge in [-0.3, -0.25) is 0 Å². The van der Waals surface area contributed by atoms with E-state index in [1.165, 1.54) is 12.1 Å². The van der Waals surface area contributed by atoms with Gasteiger partial charge in [0.1, 0.15) is 0 Å². The molecular weight excluding hydrogens is 240 g/mol. The predicted molar refractivity (Wildman–Crippen MR) is 63.2 cm³/mol. The van der Waals surface area contributed by atoms with Gasteiger partial charge in [-0.05, 0) is 30.2 Å². The highest BCUT2D eigenvalue weighted by atomic mass is 32.2. The Morgan fingerprint density at radius 3 is 2.47 bits per heavy atom. The summed E-state index contributed by atoms with van der Waals surface area (Å²) in [4.78, 5) is 11.3. The maximum Gasteiger partial charge on any atom is 0.335 e. The first kappa shape index (κ1) is 12.1. The molecule has 0 saturated carbocycles. The average molecular weight is 254 g/mol. The Morgan fingerprint density at radius 1 is 1.35 bits per heavy atom. The van der Waals surface area contributed by atoms with Crippen molar-refractivity contribution in [3.8, 4) is 0 Å². The minimum absolute atomic E-state index is 0.0409. The number of benzene rings is 1. The third-order valence-electron chi connectivity index (χ3n) is 3.22. The largest absolute Gasteiger partial charge is 0.478 e. The zero-order valence-corrected chi connectivity index (χ0v) is 10.8. The van der Waals surface area contributed by atoms with Crippen molar-refractivity contribution in [1.82, 2.24) is 0 Å². The fraction of sp³-hybridized carbons (Fsp3) is 0.417. The van der Waals surface area contributed by atoms with E-state index in [2.05, 4.69) is 0 Å². The van der Waals surface area contributed by atoms with Crippen molar-refractivity contribution in [3.05, 3.63) is 28.8 Å². The third kappa shape index (κ3) is 1.65. The Kier molecular flexibility index (Phi) is 2.36. The van der Waals surface area contributed by atoms with Gasteiger partial charge in [0.05, 0.1) is 16.2 Å². The lowest BCUT2D eigenvalue weighted by Crippen LogP contribution is -2.20. The summed E-state index contributed by atoms with van der Waals surface area (Å²) >= 11 is 0. The molecule has 1 aromatic carbocycles. The Morgan fingerprint density at radius 2 is 1.94 bits per heavy atom. The molecule has 0 amide bonds. The van der Waals surface area contributed by atoms with Crippen LogP contribution in [0.1, 0.15) is 35.3 Å². The molecule has 0 unspecified atom stereocenters. The molecule has 5 heteroatoms. The van der Waals surface area contributed by atoms with E-state index >= 15 is 0 Å². The van der Waals surface area contributed by atoms with Crippen molar-refractivity contribution in [2.45, 2.75) is 31.1 Å². The number of hydrogen-bond donors (Lipinski definition) is 1. The van der Waals surface area contributed by atoms with Crippen molar-refractivity contribution >= 4 is 15.8 Å². The molecule has 4 nitrogen and oxygen atoms in total. The lowest BCUT2D eigenvalue weighted by atomic mass is 9.82. The highest BCUT2D eigenvalue weighted by Gasteiger charge is 2.42. The number of fused-ring (bicyclic) bond motifs is 1. The highest BCUT2D eigenvalue weighted by Crippen LogP contribution is 2.42. The van der Waals surface area contributed by atoms with Crippen LogP contribution in [-0.4, -0.2) is 25.2 Å². The van der Waals surface area contributed by atoms with Gasteiger partial charge in [0, 0.05) is 5.41 Å². The summed E-state index contributed by atoms with van der Waals surface area (Å²) in [6, 6.07) is 2.78. The maximum absolute atomic E-state index is 12.0. The zero-order valence-electron chi connectivity index (χ0n) is 9.94. The SMILES string of the molecule is Cc1c(C(=O)O)ccc2c1C(C)(C)CS2(=O)=O. The van der Waals surface area contributed by atoms with Crippen LogP contribution < -0.4 is 0 Å². The molecule has 1 heterocycles. The average Bonchev–Trinajstić information content (AvgIpc) is 2.32. The van der Waals surface area contributed by atoms with Gasteiger partial charge in [-0.1, -0.05) is 13.8 Å². The molecule has 0 radical (unpaired) electrons. The highest BCUT2D eigenvalue weighted by molar-refractivity contribution is 7.91. The van der Waals surface area contributed by atoms with Crippen LogP contribution >= 0.6 is 0 Å². The molecular formula is C12H14O4S. The predicted octanol–water partition coefficient (Wildman–Crippen LogP) is 1.76. The summed E-state index contributed by atoms with van der Waals surface area (Å²) in [5.41, 5.74) is 0.858. The van der Waals surface area contributed by atoms with Crippen molar-refractivity contribution in [3.63, 3.8) is 0 Å². The van der Waals surface area contributed by atoms with Crippen LogP contribution in [0.3, 0.4) is 0 Å². The molecule has 0 bridgehead atoms. The third-order valence-corrected chi connectivity index (χ3v) is 5.33. The van der Waals surface area contributed by atoms with E-state index in [0.29, 0.717) is 11.1 Å². The number of rotatable bonds is 1. The van der Waals surface area contributed by atoms with Gasteiger partial charge in [-0.15, -0.1) is 0 Å². The van der Waals surface area contributed by atoms with E-state index in [1.807, 2.05) is 13.8 Å². The molecule has 0 saturated heterocycles. The number of carboxylic acids is 1.